The van der Waals surface area contributed by atoms with Gasteiger partial charge in [0.15, 0.2) is 0 Å². The summed E-state index contributed by atoms with van der Waals surface area (Å²) >= 11 is 0. The number of rotatable bonds is 6. The van der Waals surface area contributed by atoms with Crippen LogP contribution in [0, 0.1) is 21.8 Å². The van der Waals surface area contributed by atoms with Gasteiger partial charge in [-0.3, -0.25) is 14.9 Å². The topological polar surface area (TPSA) is 60.2 Å². The zero-order valence-electron chi connectivity index (χ0n) is 10.5. The fraction of sp³-hybridized carbons (Fsp3) is 0.462. The van der Waals surface area contributed by atoms with Gasteiger partial charge in [-0.15, -0.1) is 0 Å². The van der Waals surface area contributed by atoms with Crippen molar-refractivity contribution in [2.75, 3.05) is 0 Å². The monoisotopic (exact) mass is 253 g/mol. The number of benzene rings is 1. The van der Waals surface area contributed by atoms with Crippen LogP contribution in [0.25, 0.3) is 0 Å². The molecule has 0 N–H and O–H groups in total. The molecular formula is C13H16FNO3. The average molecular weight is 253 g/mol. The summed E-state index contributed by atoms with van der Waals surface area (Å²) in [5.41, 5.74) is 0.208. The summed E-state index contributed by atoms with van der Waals surface area (Å²) in [6.07, 6.45) is 1.11. The Bertz CT molecular complexity index is 458. The summed E-state index contributed by atoms with van der Waals surface area (Å²) in [6, 6.07) is 3.42. The van der Waals surface area contributed by atoms with Crippen molar-refractivity contribution in [2.45, 2.75) is 33.1 Å². The summed E-state index contributed by atoms with van der Waals surface area (Å²) in [5.74, 6) is -0.258. The molecule has 0 aromatic heterocycles. The number of nitrogens with zero attached hydrogens (tertiary/aromatic N) is 1. The van der Waals surface area contributed by atoms with Crippen molar-refractivity contribution in [1.29, 1.82) is 0 Å². The molecule has 0 saturated heterocycles. The molecule has 0 radical (unpaired) electrons. The van der Waals surface area contributed by atoms with E-state index < -0.39 is 10.7 Å². The van der Waals surface area contributed by atoms with Gasteiger partial charge in [0.25, 0.3) is 5.69 Å². The number of hydrogen-bond donors (Lipinski definition) is 0. The Morgan fingerprint density at radius 3 is 2.61 bits per heavy atom. The summed E-state index contributed by atoms with van der Waals surface area (Å²) in [5, 5.41) is 10.6. The molecule has 0 aliphatic heterocycles. The summed E-state index contributed by atoms with van der Waals surface area (Å²) in [4.78, 5) is 21.4. The van der Waals surface area contributed by atoms with Gasteiger partial charge in [-0.2, -0.15) is 0 Å². The van der Waals surface area contributed by atoms with Crippen LogP contribution >= 0.6 is 0 Å². The molecule has 1 aromatic rings. The lowest BCUT2D eigenvalue weighted by Gasteiger charge is -2.04. The van der Waals surface area contributed by atoms with Crippen LogP contribution in [0.15, 0.2) is 18.2 Å². The fourth-order valence-electron chi connectivity index (χ4n) is 1.72. The van der Waals surface area contributed by atoms with Crippen LogP contribution in [0.4, 0.5) is 10.1 Å². The van der Waals surface area contributed by atoms with Crippen LogP contribution in [0.5, 0.6) is 0 Å². The van der Waals surface area contributed by atoms with Crippen LogP contribution in [0.3, 0.4) is 0 Å². The lowest BCUT2D eigenvalue weighted by atomic mass is 10.0. The van der Waals surface area contributed by atoms with Crippen LogP contribution < -0.4 is 0 Å². The minimum absolute atomic E-state index is 0.0944. The molecule has 0 heterocycles. The maximum Gasteiger partial charge on any atom is 0.272 e. The quantitative estimate of drug-likeness (QED) is 0.577. The predicted molar refractivity (Wildman–Crippen MR) is 65.8 cm³/mol. The zero-order valence-corrected chi connectivity index (χ0v) is 10.5. The fourth-order valence-corrected chi connectivity index (χ4v) is 1.72. The molecule has 1 rings (SSSR count). The summed E-state index contributed by atoms with van der Waals surface area (Å²) in [7, 11) is 0. The first-order valence-electron chi connectivity index (χ1n) is 5.84. The minimum atomic E-state index is -0.643. The summed E-state index contributed by atoms with van der Waals surface area (Å²) in [6.45, 7) is 3.90. The van der Waals surface area contributed by atoms with Gasteiger partial charge >= 0.3 is 0 Å². The molecule has 0 spiro atoms. The normalized spacial score (nSPS) is 10.7. The number of aryl methyl sites for hydroxylation is 1. The van der Waals surface area contributed by atoms with Crippen molar-refractivity contribution < 1.29 is 14.1 Å². The Hall–Kier alpha value is -1.78. The van der Waals surface area contributed by atoms with Gasteiger partial charge in [-0.1, -0.05) is 13.8 Å². The number of hydrogen-bond acceptors (Lipinski definition) is 3. The largest absolute Gasteiger partial charge is 0.300 e. The highest BCUT2D eigenvalue weighted by Crippen LogP contribution is 2.18. The molecule has 0 amide bonds. The van der Waals surface area contributed by atoms with E-state index in [0.29, 0.717) is 30.7 Å². The van der Waals surface area contributed by atoms with Crippen molar-refractivity contribution in [1.82, 2.24) is 0 Å². The standard InChI is InChI=1S/C13H16FNO3/c1-9(2)5-13(16)4-3-10-6-11(14)8-12(7-10)15(17)18/h6-9H,3-5H2,1-2H3. The summed E-state index contributed by atoms with van der Waals surface area (Å²) < 4.78 is 13.1. The highest BCUT2D eigenvalue weighted by molar-refractivity contribution is 5.78. The van der Waals surface area contributed by atoms with E-state index in [1.165, 1.54) is 12.1 Å². The molecule has 0 atom stereocenters. The van der Waals surface area contributed by atoms with E-state index in [1.807, 2.05) is 13.8 Å². The van der Waals surface area contributed by atoms with E-state index >= 15 is 0 Å². The van der Waals surface area contributed by atoms with Gasteiger partial charge < -0.3 is 0 Å². The molecule has 1 aromatic carbocycles. The molecule has 0 fully saturated rings. The van der Waals surface area contributed by atoms with Gasteiger partial charge in [0.1, 0.15) is 11.6 Å². The first-order valence-corrected chi connectivity index (χ1v) is 5.84. The first kappa shape index (κ1) is 14.3. The SMILES string of the molecule is CC(C)CC(=O)CCc1cc(F)cc([N+](=O)[O-])c1. The van der Waals surface area contributed by atoms with E-state index in [4.69, 9.17) is 0 Å². The molecule has 0 aliphatic rings. The number of carbonyl (C=O) groups is 1. The Balaban J connectivity index is 2.67. The molecule has 0 saturated carbocycles. The van der Waals surface area contributed by atoms with Gasteiger partial charge in [0, 0.05) is 18.9 Å². The smallest absolute Gasteiger partial charge is 0.272 e. The average Bonchev–Trinajstić information content (AvgIpc) is 2.24. The van der Waals surface area contributed by atoms with Gasteiger partial charge in [0.05, 0.1) is 11.0 Å². The number of halogens is 1. The van der Waals surface area contributed by atoms with Crippen LogP contribution in [-0.2, 0) is 11.2 Å². The maximum atomic E-state index is 13.1. The van der Waals surface area contributed by atoms with Crippen molar-refractivity contribution in [3.63, 3.8) is 0 Å². The maximum absolute atomic E-state index is 13.1. The van der Waals surface area contributed by atoms with Crippen molar-refractivity contribution in [3.8, 4) is 0 Å². The van der Waals surface area contributed by atoms with Crippen molar-refractivity contribution in [3.05, 3.63) is 39.7 Å². The third kappa shape index (κ3) is 4.61. The zero-order chi connectivity index (χ0) is 13.7. The van der Waals surface area contributed by atoms with Crippen LogP contribution in [0.1, 0.15) is 32.3 Å². The van der Waals surface area contributed by atoms with E-state index in [2.05, 4.69) is 0 Å². The second-order valence-electron chi connectivity index (χ2n) is 4.71. The first-order chi connectivity index (χ1) is 8.38. The molecule has 5 heteroatoms. The number of Topliss-reactive ketones (excluding diaryl/α,β-unsaturated/α-hetero) is 1. The lowest BCUT2D eigenvalue weighted by molar-refractivity contribution is -0.385. The highest BCUT2D eigenvalue weighted by Gasteiger charge is 2.11. The Labute approximate surface area is 105 Å². The molecule has 4 nitrogen and oxygen atoms in total. The van der Waals surface area contributed by atoms with E-state index in [9.17, 15) is 19.3 Å². The van der Waals surface area contributed by atoms with E-state index in [0.717, 1.165) is 6.07 Å². The van der Waals surface area contributed by atoms with Crippen molar-refractivity contribution >= 4 is 11.5 Å². The second kappa shape index (κ2) is 6.23. The van der Waals surface area contributed by atoms with Gasteiger partial charge in [-0.05, 0) is 24.0 Å². The lowest BCUT2D eigenvalue weighted by Crippen LogP contribution is -2.04. The van der Waals surface area contributed by atoms with E-state index in [-0.39, 0.29) is 11.5 Å². The number of ketones is 1. The number of non-ortho nitro benzene ring substituents is 1. The molecule has 0 bridgehead atoms. The van der Waals surface area contributed by atoms with Crippen LogP contribution in [-0.4, -0.2) is 10.7 Å². The van der Waals surface area contributed by atoms with Crippen LogP contribution in [0.2, 0.25) is 0 Å². The number of nitro groups is 1. The Morgan fingerprint density at radius 2 is 2.06 bits per heavy atom. The second-order valence-corrected chi connectivity index (χ2v) is 4.71. The number of nitro benzene ring substituents is 1. The minimum Gasteiger partial charge on any atom is -0.300 e. The molecule has 0 aliphatic carbocycles. The number of carbonyl (C=O) groups excluding carboxylic acids is 1. The highest BCUT2D eigenvalue weighted by atomic mass is 19.1. The Morgan fingerprint density at radius 1 is 1.39 bits per heavy atom. The Kier molecular flexibility index (Phi) is 4.95. The molecule has 18 heavy (non-hydrogen) atoms. The molecule has 98 valence electrons. The molecule has 0 unspecified atom stereocenters. The van der Waals surface area contributed by atoms with Crippen molar-refractivity contribution in [2.24, 2.45) is 5.92 Å². The van der Waals surface area contributed by atoms with Gasteiger partial charge in [-0.25, -0.2) is 4.39 Å². The van der Waals surface area contributed by atoms with E-state index in [1.54, 1.807) is 0 Å². The third-order valence-electron chi connectivity index (χ3n) is 2.48. The van der Waals surface area contributed by atoms with Gasteiger partial charge in [0.2, 0.25) is 0 Å². The molecular weight excluding hydrogens is 237 g/mol. The predicted octanol–water partition coefficient (Wildman–Crippen LogP) is 3.28. The third-order valence-corrected chi connectivity index (χ3v) is 2.48.